The molecule has 0 N–H and O–H groups in total. The van der Waals surface area contributed by atoms with Crippen LogP contribution >= 0.6 is 0 Å². The first-order valence-electron chi connectivity index (χ1n) is 18.7. The highest BCUT2D eigenvalue weighted by molar-refractivity contribution is 6.15. The van der Waals surface area contributed by atoms with Gasteiger partial charge in [0.25, 0.3) is 0 Å². The maximum Gasteiger partial charge on any atom is 0.137 e. The normalized spacial score (nSPS) is 13.1. The molecule has 0 saturated carbocycles. The first kappa shape index (κ1) is 30.8. The lowest BCUT2D eigenvalue weighted by molar-refractivity contribution is 0.660. The summed E-state index contributed by atoms with van der Waals surface area (Å²) in [6, 6.07) is 65.9. The van der Waals surface area contributed by atoms with Gasteiger partial charge in [-0.3, -0.25) is 0 Å². The Bertz CT molecular complexity index is 3070. The summed E-state index contributed by atoms with van der Waals surface area (Å²) in [4.78, 5) is 2.43. The Kier molecular flexibility index (Phi) is 6.60. The lowest BCUT2D eigenvalue weighted by atomic mass is 9.82. The van der Waals surface area contributed by atoms with Crippen LogP contribution in [0.2, 0.25) is 0 Å². The van der Waals surface area contributed by atoms with Gasteiger partial charge in [0.05, 0.1) is 22.1 Å². The predicted octanol–water partition coefficient (Wildman–Crippen LogP) is 14.1. The second-order valence-corrected chi connectivity index (χ2v) is 15.0. The van der Waals surface area contributed by atoms with E-state index in [-0.39, 0.29) is 5.41 Å². The molecule has 0 fully saturated rings. The molecule has 0 radical (unpaired) electrons. The molecule has 1 aliphatic rings. The smallest absolute Gasteiger partial charge is 0.137 e. The average molecular weight is 693 g/mol. The highest BCUT2D eigenvalue weighted by Gasteiger charge is 2.36. The topological polar surface area (TPSA) is 21.3 Å². The summed E-state index contributed by atoms with van der Waals surface area (Å²) in [5.74, 6) is 0. The first-order valence-corrected chi connectivity index (χ1v) is 18.7. The summed E-state index contributed by atoms with van der Waals surface area (Å²) >= 11 is 0. The molecule has 3 nitrogen and oxygen atoms in total. The zero-order valence-corrected chi connectivity index (χ0v) is 30.1. The fourth-order valence-electron chi connectivity index (χ4n) is 9.01. The molecule has 2 heterocycles. The summed E-state index contributed by atoms with van der Waals surface area (Å²) in [6.07, 6.45) is 0. The van der Waals surface area contributed by atoms with E-state index in [1.807, 2.05) is 6.07 Å². The van der Waals surface area contributed by atoms with E-state index in [2.05, 4.69) is 199 Å². The fraction of sp³-hybridized carbons (Fsp3) is 0.0588. The van der Waals surface area contributed by atoms with Crippen molar-refractivity contribution in [1.82, 2.24) is 4.57 Å². The van der Waals surface area contributed by atoms with Crippen molar-refractivity contribution in [3.63, 3.8) is 0 Å². The van der Waals surface area contributed by atoms with Crippen molar-refractivity contribution in [2.24, 2.45) is 0 Å². The summed E-state index contributed by atoms with van der Waals surface area (Å²) in [6.45, 7) is 4.70. The maximum atomic E-state index is 6.45. The number of rotatable bonds is 5. The third-order valence-corrected chi connectivity index (χ3v) is 11.6. The van der Waals surface area contributed by atoms with Crippen LogP contribution < -0.4 is 4.90 Å². The van der Waals surface area contributed by atoms with E-state index in [1.165, 1.54) is 55.2 Å². The molecule has 0 unspecified atom stereocenters. The van der Waals surface area contributed by atoms with Gasteiger partial charge < -0.3 is 13.9 Å². The van der Waals surface area contributed by atoms with E-state index in [1.54, 1.807) is 0 Å². The van der Waals surface area contributed by atoms with Gasteiger partial charge >= 0.3 is 0 Å². The molecule has 10 aromatic rings. The fourth-order valence-corrected chi connectivity index (χ4v) is 9.01. The van der Waals surface area contributed by atoms with Gasteiger partial charge in [-0.15, -0.1) is 0 Å². The van der Waals surface area contributed by atoms with Gasteiger partial charge in [-0.2, -0.15) is 0 Å². The van der Waals surface area contributed by atoms with Crippen LogP contribution in [0.25, 0.3) is 71.7 Å². The molecule has 0 amide bonds. The van der Waals surface area contributed by atoms with Crippen molar-refractivity contribution in [2.45, 2.75) is 19.3 Å². The highest BCUT2D eigenvalue weighted by Crippen LogP contribution is 2.52. The van der Waals surface area contributed by atoms with Crippen molar-refractivity contribution in [1.29, 1.82) is 0 Å². The number of nitrogens with zero attached hydrogens (tertiary/aromatic N) is 2. The molecule has 0 bridgehead atoms. The van der Waals surface area contributed by atoms with Gasteiger partial charge in [-0.25, -0.2) is 0 Å². The molecular formula is C51H36N2O. The van der Waals surface area contributed by atoms with Crippen LogP contribution in [0.1, 0.15) is 25.0 Å². The molecule has 1 aliphatic carbocycles. The summed E-state index contributed by atoms with van der Waals surface area (Å²) in [7, 11) is 0. The van der Waals surface area contributed by atoms with E-state index >= 15 is 0 Å². The van der Waals surface area contributed by atoms with Gasteiger partial charge in [0.1, 0.15) is 11.2 Å². The molecule has 0 spiro atoms. The quantitative estimate of drug-likeness (QED) is 0.179. The van der Waals surface area contributed by atoms with Crippen LogP contribution in [-0.4, -0.2) is 4.57 Å². The van der Waals surface area contributed by atoms with Crippen LogP contribution in [-0.2, 0) is 5.41 Å². The number of hydrogen-bond acceptors (Lipinski definition) is 2. The van der Waals surface area contributed by atoms with E-state index in [0.29, 0.717) is 0 Å². The largest absolute Gasteiger partial charge is 0.456 e. The molecule has 256 valence electrons. The van der Waals surface area contributed by atoms with Crippen LogP contribution in [0.15, 0.2) is 186 Å². The van der Waals surface area contributed by atoms with Crippen LogP contribution in [0.4, 0.5) is 17.1 Å². The molecule has 54 heavy (non-hydrogen) atoms. The van der Waals surface area contributed by atoms with Crippen molar-refractivity contribution in [3.8, 4) is 27.9 Å². The maximum absolute atomic E-state index is 6.45. The van der Waals surface area contributed by atoms with E-state index in [0.717, 1.165) is 44.7 Å². The van der Waals surface area contributed by atoms with Crippen molar-refractivity contribution >= 4 is 60.8 Å². The van der Waals surface area contributed by atoms with Crippen LogP contribution in [0, 0.1) is 0 Å². The molecule has 0 saturated heterocycles. The Balaban J connectivity index is 1.14. The third-order valence-electron chi connectivity index (χ3n) is 11.6. The lowest BCUT2D eigenvalue weighted by Gasteiger charge is -2.29. The van der Waals surface area contributed by atoms with Crippen LogP contribution in [0.5, 0.6) is 0 Å². The van der Waals surface area contributed by atoms with E-state index in [4.69, 9.17) is 4.42 Å². The lowest BCUT2D eigenvalue weighted by Crippen LogP contribution is -2.16. The van der Waals surface area contributed by atoms with Gasteiger partial charge in [-0.05, 0) is 100 Å². The second-order valence-electron chi connectivity index (χ2n) is 15.0. The zero-order chi connectivity index (χ0) is 36.0. The minimum absolute atomic E-state index is 0.130. The Morgan fingerprint density at radius 2 is 1.11 bits per heavy atom. The standard InChI is InChI=1S/C51H36N2O/c1-51(2)43-18-9-6-15-38(43)39-29-27-37(32-44(39)51)52(47-20-12-22-49-50(47)41-17-8-11-21-48(41)54-49)36-28-30-46-42(31-36)40-16-7-10-19-45(40)53(46)35-25-23-34(24-26-35)33-13-4-3-5-14-33/h3-32H,1-2H3. The molecular weight excluding hydrogens is 657 g/mol. The molecule has 8 aromatic carbocycles. The monoisotopic (exact) mass is 692 g/mol. The Hall–Kier alpha value is -6.84. The summed E-state index contributed by atoms with van der Waals surface area (Å²) in [5, 5.41) is 4.65. The SMILES string of the molecule is CC1(C)c2ccccc2-c2ccc(N(c3ccc4c(c3)c3ccccc3n4-c3ccc(-c4ccccc4)cc3)c3cccc4oc5ccccc5c34)cc21. The number of furan rings is 1. The Morgan fingerprint density at radius 1 is 0.463 bits per heavy atom. The van der Waals surface area contributed by atoms with Gasteiger partial charge in [0, 0.05) is 38.6 Å². The number of hydrogen-bond donors (Lipinski definition) is 0. The minimum atomic E-state index is -0.130. The van der Waals surface area contributed by atoms with Gasteiger partial charge in [0.2, 0.25) is 0 Å². The predicted molar refractivity (Wildman–Crippen MR) is 226 cm³/mol. The van der Waals surface area contributed by atoms with Gasteiger partial charge in [-0.1, -0.05) is 129 Å². The molecule has 11 rings (SSSR count). The zero-order valence-electron chi connectivity index (χ0n) is 30.1. The molecule has 0 atom stereocenters. The Labute approximate surface area is 314 Å². The molecule has 0 aliphatic heterocycles. The molecule has 2 aromatic heterocycles. The van der Waals surface area contributed by atoms with E-state index < -0.39 is 0 Å². The van der Waals surface area contributed by atoms with Crippen molar-refractivity contribution in [2.75, 3.05) is 4.90 Å². The number of benzene rings is 8. The average Bonchev–Trinajstić information content (AvgIpc) is 3.84. The number of para-hydroxylation sites is 2. The number of anilines is 3. The minimum Gasteiger partial charge on any atom is -0.456 e. The second kappa shape index (κ2) is 11.6. The Morgan fingerprint density at radius 3 is 1.98 bits per heavy atom. The number of fused-ring (bicyclic) bond motifs is 9. The van der Waals surface area contributed by atoms with Crippen molar-refractivity contribution in [3.05, 3.63) is 193 Å². The highest BCUT2D eigenvalue weighted by atomic mass is 16.3. The third kappa shape index (κ3) is 4.48. The van der Waals surface area contributed by atoms with Crippen molar-refractivity contribution < 1.29 is 4.42 Å². The summed E-state index contributed by atoms with van der Waals surface area (Å²) in [5.41, 5.74) is 16.2. The first-order chi connectivity index (χ1) is 26.5. The van der Waals surface area contributed by atoms with Gasteiger partial charge in [0.15, 0.2) is 0 Å². The van der Waals surface area contributed by atoms with E-state index in [9.17, 15) is 0 Å². The number of aromatic nitrogens is 1. The van der Waals surface area contributed by atoms with Crippen LogP contribution in [0.3, 0.4) is 0 Å². The summed E-state index contributed by atoms with van der Waals surface area (Å²) < 4.78 is 8.85. The molecule has 3 heteroatoms.